The largest absolute Gasteiger partial charge is 0.507 e. The molecule has 20 heteroatoms. The fourth-order valence-electron chi connectivity index (χ4n) is 8.41. The van der Waals surface area contributed by atoms with Gasteiger partial charge in [-0.3, -0.25) is 28.8 Å². The van der Waals surface area contributed by atoms with E-state index in [1.54, 1.807) is 38.1 Å². The van der Waals surface area contributed by atoms with Crippen molar-refractivity contribution >= 4 is 81.7 Å². The van der Waals surface area contributed by atoms with Crippen LogP contribution in [0.3, 0.4) is 0 Å². The van der Waals surface area contributed by atoms with Crippen LogP contribution in [0.4, 0.5) is 4.79 Å². The van der Waals surface area contributed by atoms with Crippen LogP contribution in [-0.4, -0.2) is 120 Å². The highest BCUT2D eigenvalue weighted by molar-refractivity contribution is 14.1. The van der Waals surface area contributed by atoms with Gasteiger partial charge in [0.15, 0.2) is 12.4 Å². The van der Waals surface area contributed by atoms with E-state index in [1.807, 2.05) is 40.4 Å². The van der Waals surface area contributed by atoms with Gasteiger partial charge in [-0.2, -0.15) is 11.8 Å². The second-order valence-corrected chi connectivity index (χ2v) is 20.3. The number of aryl methyl sites for hydroxylation is 2. The van der Waals surface area contributed by atoms with Gasteiger partial charge in [0.2, 0.25) is 29.5 Å². The number of nitrogens with two attached hydrogens (primary N) is 1. The zero-order valence-electron chi connectivity index (χ0n) is 40.1. The summed E-state index contributed by atoms with van der Waals surface area (Å²) in [6, 6.07) is 7.75. The second kappa shape index (κ2) is 29.9. The van der Waals surface area contributed by atoms with Gasteiger partial charge < -0.3 is 52.8 Å². The fraction of sp³-hybridized carbons (Fsp3) is 0.592. The number of nitrogens with one attached hydrogen (secondary N) is 7. The van der Waals surface area contributed by atoms with Crippen LogP contribution in [0.25, 0.3) is 0 Å². The van der Waals surface area contributed by atoms with Crippen LogP contribution in [-0.2, 0) is 39.9 Å². The Morgan fingerprint density at radius 1 is 0.797 bits per heavy atom. The average molecular weight is 1090 g/mol. The van der Waals surface area contributed by atoms with Crippen molar-refractivity contribution < 1.29 is 48.2 Å². The van der Waals surface area contributed by atoms with Crippen LogP contribution in [0.2, 0.25) is 0 Å². The molecular weight excluding hydrogens is 1020 g/mol. The van der Waals surface area contributed by atoms with Crippen molar-refractivity contribution in [3.8, 4) is 5.75 Å². The number of rotatable bonds is 31. The first-order valence-corrected chi connectivity index (χ1v) is 26.2. The number of carbonyl (C=O) groups is 8. The summed E-state index contributed by atoms with van der Waals surface area (Å²) in [6.45, 7) is 5.52. The third kappa shape index (κ3) is 19.8. The Kier molecular flexibility index (Phi) is 24.6. The summed E-state index contributed by atoms with van der Waals surface area (Å²) in [5.74, 6) is -1.80. The molecule has 4 rings (SSSR count). The van der Waals surface area contributed by atoms with E-state index >= 15 is 0 Å². The van der Waals surface area contributed by atoms with Gasteiger partial charge in [-0.15, -0.1) is 0 Å². The number of unbranched alkanes of at least 4 members (excludes halogenated alkanes) is 5. The number of phenols is 1. The molecule has 0 spiro atoms. The highest BCUT2D eigenvalue weighted by Gasteiger charge is 2.42. The molecule has 2 saturated heterocycles. The van der Waals surface area contributed by atoms with Gasteiger partial charge in [0.05, 0.1) is 27.3 Å². The minimum atomic E-state index is -1.02. The standard InChI is InChI=1S/C49H71IN8O10S/c1-30-14-13-15-31(2)44(30)48(66)68-28-40(61)35(16-8-10-23-51)55-43(63)20-5-4-11-25-53-46(64)37(27-33-21-22-39(60)34(50)26-33)56-47(65)36(54-32(3)59)17-9-12-24-52-42(62)19-7-6-18-41-45-38(29-69-41)57-49(67)58-45/h13-15,21-22,26,35-38,41,45,60H,4-12,16-20,23-25,27-29,51H2,1-3H3,(H,52,62)(H,53,64)(H,54,59)(H,55,63)(H,56,65)(H2,57,58,67)/t35-,36-,37-,38+,41?,45+/m0/s1. The molecule has 10 N–H and O–H groups in total. The maximum absolute atomic E-state index is 13.7. The number of ether oxygens (including phenoxy) is 1. The van der Waals surface area contributed by atoms with Gasteiger partial charge in [-0.25, -0.2) is 9.59 Å². The lowest BCUT2D eigenvalue weighted by Gasteiger charge is -2.23. The highest BCUT2D eigenvalue weighted by atomic mass is 127. The number of carbonyl (C=O) groups excluding carboxylic acids is 8. The summed E-state index contributed by atoms with van der Waals surface area (Å²) in [7, 11) is 0. The number of halogens is 1. The number of Topliss-reactive ketones (excluding diaryl/α,β-unsaturated/α-hetero) is 1. The zero-order chi connectivity index (χ0) is 50.3. The molecule has 0 bridgehead atoms. The number of phenolic OH excluding ortho intramolecular Hbond substituents is 1. The Morgan fingerprint density at radius 2 is 1.48 bits per heavy atom. The number of hydrogen-bond acceptors (Lipinski definition) is 12. The SMILES string of the molecule is CC(=O)N[C@@H](CCCCNC(=O)CCCCC1SC[C@H]2NC(=O)N[C@@H]12)C(=O)N[C@@H](Cc1ccc(O)c(I)c1)C(=O)NCCCCCC(=O)N[C@@H](CCCCN)C(=O)COC(=O)c1c(C)cccc1C. The average Bonchev–Trinajstić information content (AvgIpc) is 3.86. The van der Waals surface area contributed by atoms with Crippen LogP contribution < -0.4 is 43.0 Å². The number of aromatic hydroxyl groups is 1. The number of ketones is 1. The molecule has 18 nitrogen and oxygen atoms in total. The Balaban J connectivity index is 1.20. The van der Waals surface area contributed by atoms with Crippen molar-refractivity contribution in [2.24, 2.45) is 5.73 Å². The molecule has 7 amide bonds. The molecule has 0 aromatic heterocycles. The van der Waals surface area contributed by atoms with Crippen LogP contribution in [0.1, 0.15) is 124 Å². The number of urea groups is 1. The minimum absolute atomic E-state index is 0.0552. The van der Waals surface area contributed by atoms with E-state index in [9.17, 15) is 43.5 Å². The zero-order valence-corrected chi connectivity index (χ0v) is 43.0. The van der Waals surface area contributed by atoms with E-state index in [2.05, 4.69) is 37.2 Å². The second-order valence-electron chi connectivity index (χ2n) is 17.8. The smallest absolute Gasteiger partial charge is 0.339 e. The molecule has 0 saturated carbocycles. The van der Waals surface area contributed by atoms with Crippen LogP contribution in [0.5, 0.6) is 5.75 Å². The van der Waals surface area contributed by atoms with E-state index in [0.29, 0.717) is 90.8 Å². The Labute approximate surface area is 423 Å². The topological polar surface area (TPSA) is 276 Å². The minimum Gasteiger partial charge on any atom is -0.507 e. The third-order valence-electron chi connectivity index (χ3n) is 12.2. The first kappa shape index (κ1) is 56.6. The lowest BCUT2D eigenvalue weighted by molar-refractivity contribution is -0.131. The number of hydrogen-bond donors (Lipinski definition) is 9. The molecule has 2 aromatic rings. The fourth-order valence-corrected chi connectivity index (χ4v) is 10.5. The number of amides is 7. The highest BCUT2D eigenvalue weighted by Crippen LogP contribution is 2.33. The van der Waals surface area contributed by atoms with Gasteiger partial charge in [0.25, 0.3) is 0 Å². The molecule has 1 unspecified atom stereocenters. The summed E-state index contributed by atoms with van der Waals surface area (Å²) in [5, 5.41) is 30.5. The number of fused-ring (bicyclic) bond motifs is 1. The van der Waals surface area contributed by atoms with Crippen molar-refractivity contribution in [1.29, 1.82) is 0 Å². The molecule has 69 heavy (non-hydrogen) atoms. The van der Waals surface area contributed by atoms with E-state index in [4.69, 9.17) is 10.5 Å². The molecule has 2 aliphatic heterocycles. The first-order chi connectivity index (χ1) is 33.1. The van der Waals surface area contributed by atoms with Crippen molar-refractivity contribution in [2.45, 2.75) is 153 Å². The van der Waals surface area contributed by atoms with Crippen molar-refractivity contribution in [2.75, 3.05) is 32.0 Å². The summed E-state index contributed by atoms with van der Waals surface area (Å²) >= 11 is 3.83. The molecule has 380 valence electrons. The summed E-state index contributed by atoms with van der Waals surface area (Å²) in [5.41, 5.74) is 8.24. The maximum atomic E-state index is 13.7. The lowest BCUT2D eigenvalue weighted by Crippen LogP contribution is -2.54. The van der Waals surface area contributed by atoms with Gasteiger partial charge in [0, 0.05) is 50.3 Å². The Bertz CT molecular complexity index is 2070. The molecule has 6 atom stereocenters. The van der Waals surface area contributed by atoms with Crippen molar-refractivity contribution in [3.05, 3.63) is 62.2 Å². The number of thioether (sulfide) groups is 1. The summed E-state index contributed by atoms with van der Waals surface area (Å²) < 4.78 is 5.94. The summed E-state index contributed by atoms with van der Waals surface area (Å²) in [4.78, 5) is 103. The van der Waals surface area contributed by atoms with Crippen LogP contribution in [0, 0.1) is 17.4 Å². The van der Waals surface area contributed by atoms with Gasteiger partial charge >= 0.3 is 12.0 Å². The van der Waals surface area contributed by atoms with Gasteiger partial charge in [-0.1, -0.05) is 37.1 Å². The molecule has 0 aliphatic carbocycles. The monoisotopic (exact) mass is 1090 g/mol. The van der Waals surface area contributed by atoms with E-state index in [-0.39, 0.29) is 61.5 Å². The van der Waals surface area contributed by atoms with E-state index < -0.39 is 54.2 Å². The predicted molar refractivity (Wildman–Crippen MR) is 272 cm³/mol. The van der Waals surface area contributed by atoms with Crippen LogP contribution >= 0.6 is 34.4 Å². The molecule has 2 aliphatic rings. The van der Waals surface area contributed by atoms with E-state index in [1.165, 1.54) is 13.0 Å². The van der Waals surface area contributed by atoms with Crippen LogP contribution in [0.15, 0.2) is 36.4 Å². The first-order valence-electron chi connectivity index (χ1n) is 24.1. The quantitative estimate of drug-likeness (QED) is 0.0225. The van der Waals surface area contributed by atoms with Crippen molar-refractivity contribution in [1.82, 2.24) is 37.2 Å². The normalized spacial score (nSPS) is 17.3. The lowest BCUT2D eigenvalue weighted by atomic mass is 10.0. The number of benzene rings is 2. The van der Waals surface area contributed by atoms with Gasteiger partial charge in [0.1, 0.15) is 17.8 Å². The molecule has 2 heterocycles. The van der Waals surface area contributed by atoms with Crippen molar-refractivity contribution in [3.63, 3.8) is 0 Å². The third-order valence-corrected chi connectivity index (χ3v) is 14.6. The Morgan fingerprint density at radius 3 is 2.20 bits per heavy atom. The maximum Gasteiger partial charge on any atom is 0.339 e. The molecule has 2 aromatic carbocycles. The summed E-state index contributed by atoms with van der Waals surface area (Å²) in [6.07, 6.45) is 7.73. The molecular formula is C49H71IN8O10S. The predicted octanol–water partition coefficient (Wildman–Crippen LogP) is 3.87. The molecule has 2 fully saturated rings. The Hall–Kier alpha value is -4.96. The number of esters is 1. The van der Waals surface area contributed by atoms with E-state index in [0.717, 1.165) is 36.1 Å². The molecule has 0 radical (unpaired) electrons. The van der Waals surface area contributed by atoms with Gasteiger partial charge in [-0.05, 0) is 136 Å².